The smallest absolute Gasteiger partial charge is 0.264 e. The normalized spacial score (nSPS) is 10.1. The first kappa shape index (κ1) is 16.9. The van der Waals surface area contributed by atoms with E-state index in [4.69, 9.17) is 17.5 Å². The highest BCUT2D eigenvalue weighted by molar-refractivity contribution is 7.97. The Hall–Kier alpha value is -0.560. The van der Waals surface area contributed by atoms with Crippen LogP contribution in [-0.2, 0) is 21.3 Å². The lowest BCUT2D eigenvalue weighted by Gasteiger charge is -1.98. The third-order valence-corrected chi connectivity index (χ3v) is 3.18. The van der Waals surface area contributed by atoms with Crippen molar-refractivity contribution in [1.82, 2.24) is 0 Å². The quantitative estimate of drug-likeness (QED) is 0.427. The van der Waals surface area contributed by atoms with Gasteiger partial charge in [-0.25, -0.2) is 0 Å². The van der Waals surface area contributed by atoms with Gasteiger partial charge in [-0.05, 0) is 29.1 Å². The molecule has 4 nitrogen and oxygen atoms in total. The van der Waals surface area contributed by atoms with E-state index in [2.05, 4.69) is 19.7 Å². The molecule has 0 rings (SSSR count). The second-order valence-corrected chi connectivity index (χ2v) is 5.55. The first-order chi connectivity index (χ1) is 6.85. The molecular weight excluding hydrogens is 236 g/mol. The van der Waals surface area contributed by atoms with E-state index in [0.29, 0.717) is 10.9 Å². The third-order valence-electron chi connectivity index (χ3n) is 1.06. The Balaban J connectivity index is 0. The zero-order valence-electron chi connectivity index (χ0n) is 8.50. The maximum absolute atomic E-state index is 8.74. The average Bonchev–Trinajstić information content (AvgIpc) is 2.02. The molecule has 6 heteroatoms. The zero-order valence-corrected chi connectivity index (χ0v) is 10.1. The summed E-state index contributed by atoms with van der Waals surface area (Å²) in [5.41, 5.74) is 0. The molecule has 0 aliphatic heterocycles. The molecule has 0 radical (unpaired) electrons. The van der Waals surface area contributed by atoms with E-state index in [1.54, 1.807) is 0 Å². The van der Waals surface area contributed by atoms with Crippen LogP contribution in [0.5, 0.6) is 0 Å². The van der Waals surface area contributed by atoms with Crippen molar-refractivity contribution in [3.05, 3.63) is 38.0 Å². The zero-order chi connectivity index (χ0) is 12.3. The van der Waals surface area contributed by atoms with E-state index in [1.807, 2.05) is 18.2 Å². The van der Waals surface area contributed by atoms with Crippen molar-refractivity contribution < 1.29 is 17.5 Å². The third kappa shape index (κ3) is 24.7. The summed E-state index contributed by atoms with van der Waals surface area (Å²) in [6, 6.07) is 0. The maximum atomic E-state index is 8.74. The molecule has 0 aliphatic carbocycles. The second kappa shape index (κ2) is 9.97. The standard InChI is InChI=1S/C9H15S.H2O4S/c1-4-7-10(8-5-2)9-6-3;1-5(2,3)4/h4-6H,1-3,7-9H2;(H2,1,2,3,4)/q+1;. The van der Waals surface area contributed by atoms with E-state index in [-0.39, 0.29) is 0 Å². The highest BCUT2D eigenvalue weighted by Crippen LogP contribution is 1.97. The fourth-order valence-electron chi connectivity index (χ4n) is 0.704. The molecule has 15 heavy (non-hydrogen) atoms. The van der Waals surface area contributed by atoms with Crippen molar-refractivity contribution in [3.8, 4) is 0 Å². The predicted octanol–water partition coefficient (Wildman–Crippen LogP) is 1.51. The average molecular weight is 253 g/mol. The fraction of sp³-hybridized carbons (Fsp3) is 0.333. The lowest BCUT2D eigenvalue weighted by Crippen LogP contribution is -2.11. The molecule has 0 aromatic heterocycles. The summed E-state index contributed by atoms with van der Waals surface area (Å²) in [4.78, 5) is 0. The molecule has 0 saturated carbocycles. The fourth-order valence-corrected chi connectivity index (χ4v) is 2.11. The molecule has 0 atom stereocenters. The van der Waals surface area contributed by atoms with Crippen LogP contribution in [0, 0.1) is 0 Å². The van der Waals surface area contributed by atoms with Crippen molar-refractivity contribution in [3.63, 3.8) is 0 Å². The molecule has 0 heterocycles. The van der Waals surface area contributed by atoms with Crippen LogP contribution in [-0.4, -0.2) is 34.8 Å². The van der Waals surface area contributed by atoms with E-state index in [0.717, 1.165) is 17.3 Å². The Morgan fingerprint density at radius 2 is 1.13 bits per heavy atom. The van der Waals surface area contributed by atoms with Crippen molar-refractivity contribution >= 4 is 21.3 Å². The van der Waals surface area contributed by atoms with Gasteiger partial charge in [-0.3, -0.25) is 9.11 Å². The Labute approximate surface area is 94.3 Å². The largest absolute Gasteiger partial charge is 0.394 e. The van der Waals surface area contributed by atoms with Gasteiger partial charge in [0.15, 0.2) is 0 Å². The summed E-state index contributed by atoms with van der Waals surface area (Å²) in [5, 5.41) is 0. The molecule has 0 aromatic carbocycles. The van der Waals surface area contributed by atoms with E-state index in [9.17, 15) is 0 Å². The van der Waals surface area contributed by atoms with Gasteiger partial charge in [0.25, 0.3) is 0 Å². The minimum Gasteiger partial charge on any atom is -0.264 e. The maximum Gasteiger partial charge on any atom is 0.394 e. The molecule has 88 valence electrons. The van der Waals surface area contributed by atoms with Crippen LogP contribution >= 0.6 is 0 Å². The summed E-state index contributed by atoms with van der Waals surface area (Å²) in [6.07, 6.45) is 5.91. The van der Waals surface area contributed by atoms with Crippen LogP contribution < -0.4 is 0 Å². The topological polar surface area (TPSA) is 74.6 Å². The Morgan fingerprint density at radius 1 is 0.933 bits per heavy atom. The van der Waals surface area contributed by atoms with Crippen LogP contribution in [0.1, 0.15) is 0 Å². The van der Waals surface area contributed by atoms with Gasteiger partial charge in [0.2, 0.25) is 0 Å². The molecule has 0 aromatic rings. The molecule has 0 fully saturated rings. The van der Waals surface area contributed by atoms with Crippen molar-refractivity contribution in [2.75, 3.05) is 17.3 Å². The summed E-state index contributed by atoms with van der Waals surface area (Å²) < 4.78 is 31.6. The van der Waals surface area contributed by atoms with Gasteiger partial charge >= 0.3 is 10.4 Å². The predicted molar refractivity (Wildman–Crippen MR) is 66.7 cm³/mol. The summed E-state index contributed by atoms with van der Waals surface area (Å²) >= 11 is 0. The van der Waals surface area contributed by atoms with Gasteiger partial charge in [-0.15, -0.1) is 0 Å². The summed E-state index contributed by atoms with van der Waals surface area (Å²) in [6.45, 7) is 11.1. The van der Waals surface area contributed by atoms with Gasteiger partial charge in [0.1, 0.15) is 17.3 Å². The van der Waals surface area contributed by atoms with E-state index < -0.39 is 10.4 Å². The highest BCUT2D eigenvalue weighted by Gasteiger charge is 2.09. The number of rotatable bonds is 6. The minimum absolute atomic E-state index is 0.421. The minimum atomic E-state index is -4.67. The van der Waals surface area contributed by atoms with Crippen molar-refractivity contribution in [2.45, 2.75) is 0 Å². The van der Waals surface area contributed by atoms with Gasteiger partial charge in [-0.1, -0.05) is 19.7 Å². The SMILES string of the molecule is C=CC[S+](CC=C)CC=C.O=S(=O)(O)O. The molecule has 2 N–H and O–H groups in total. The van der Waals surface area contributed by atoms with Crippen LogP contribution in [0.2, 0.25) is 0 Å². The molecule has 0 aliphatic rings. The van der Waals surface area contributed by atoms with Crippen molar-refractivity contribution in [2.24, 2.45) is 0 Å². The molecule has 0 spiro atoms. The second-order valence-electron chi connectivity index (χ2n) is 2.43. The van der Waals surface area contributed by atoms with Gasteiger partial charge in [0, 0.05) is 0 Å². The number of hydrogen-bond donors (Lipinski definition) is 2. The van der Waals surface area contributed by atoms with Gasteiger partial charge in [-0.2, -0.15) is 8.42 Å². The Morgan fingerprint density at radius 3 is 1.27 bits per heavy atom. The molecule has 0 saturated heterocycles. The van der Waals surface area contributed by atoms with E-state index in [1.165, 1.54) is 0 Å². The van der Waals surface area contributed by atoms with Gasteiger partial charge in [0.05, 0.1) is 0 Å². The summed E-state index contributed by atoms with van der Waals surface area (Å²) in [7, 11) is -4.25. The van der Waals surface area contributed by atoms with Gasteiger partial charge < -0.3 is 0 Å². The molecular formula is C9H17O4S2+. The van der Waals surface area contributed by atoms with Crippen LogP contribution in [0.15, 0.2) is 38.0 Å². The first-order valence-electron chi connectivity index (χ1n) is 4.01. The Bertz CT molecular complexity index is 251. The lowest BCUT2D eigenvalue weighted by molar-refractivity contribution is 0.381. The Kier molecular flexibility index (Phi) is 11.2. The highest BCUT2D eigenvalue weighted by atomic mass is 32.3. The number of hydrogen-bond acceptors (Lipinski definition) is 2. The lowest BCUT2D eigenvalue weighted by atomic mass is 10.7. The summed E-state index contributed by atoms with van der Waals surface area (Å²) in [5.74, 6) is 3.29. The molecule has 0 bridgehead atoms. The molecule has 0 unspecified atom stereocenters. The van der Waals surface area contributed by atoms with Crippen molar-refractivity contribution in [1.29, 1.82) is 0 Å². The van der Waals surface area contributed by atoms with E-state index >= 15 is 0 Å². The first-order valence-corrected chi connectivity index (χ1v) is 7.14. The van der Waals surface area contributed by atoms with Crippen LogP contribution in [0.4, 0.5) is 0 Å². The monoisotopic (exact) mass is 253 g/mol. The van der Waals surface area contributed by atoms with Crippen LogP contribution in [0.25, 0.3) is 0 Å². The van der Waals surface area contributed by atoms with Crippen LogP contribution in [0.3, 0.4) is 0 Å². The molecule has 0 amide bonds.